The van der Waals surface area contributed by atoms with Crippen molar-refractivity contribution in [3.63, 3.8) is 0 Å². The van der Waals surface area contributed by atoms with Crippen molar-refractivity contribution in [1.29, 1.82) is 0 Å². The van der Waals surface area contributed by atoms with Crippen LogP contribution in [0.15, 0.2) is 43.0 Å². The molecule has 1 atom stereocenters. The Morgan fingerprint density at radius 3 is 1.97 bits per heavy atom. The van der Waals surface area contributed by atoms with Gasteiger partial charge in [-0.2, -0.15) is 0 Å². The summed E-state index contributed by atoms with van der Waals surface area (Å²) < 4.78 is 28.2. The maximum Gasteiger partial charge on any atom is 0.166 e. The molecule has 1 aromatic rings. The summed E-state index contributed by atoms with van der Waals surface area (Å²) in [5, 5.41) is 0. The standard InChI is InChI=1S/C29H38F2/c1-3-21-7-13-24(14-8-21)25-15-9-22(10-16-25)5-6-23-11-17-26(18-12-23)27-19-4-20(2)28(30)29(27)31/h3-6,17,19,21-25H,1,7-16,18H2,2H3/b6-5+. The van der Waals surface area contributed by atoms with Gasteiger partial charge in [0.25, 0.3) is 0 Å². The minimum atomic E-state index is -0.704. The number of allylic oxidation sites excluding steroid dienone is 5. The van der Waals surface area contributed by atoms with Crippen LogP contribution in [-0.2, 0) is 0 Å². The molecule has 0 radical (unpaired) electrons. The molecule has 31 heavy (non-hydrogen) atoms. The van der Waals surface area contributed by atoms with Crippen molar-refractivity contribution in [3.8, 4) is 0 Å². The lowest BCUT2D eigenvalue weighted by Crippen LogP contribution is -2.25. The smallest absolute Gasteiger partial charge is 0.166 e. The van der Waals surface area contributed by atoms with Crippen molar-refractivity contribution in [2.24, 2.45) is 29.6 Å². The zero-order chi connectivity index (χ0) is 21.8. The summed E-state index contributed by atoms with van der Waals surface area (Å²) in [5.41, 5.74) is 1.79. The third kappa shape index (κ3) is 5.38. The summed E-state index contributed by atoms with van der Waals surface area (Å²) in [5.74, 6) is 2.54. The molecule has 3 aliphatic rings. The largest absolute Gasteiger partial charge is 0.203 e. The van der Waals surface area contributed by atoms with E-state index in [1.54, 1.807) is 19.1 Å². The molecule has 0 heterocycles. The summed E-state index contributed by atoms with van der Waals surface area (Å²) in [6.07, 6.45) is 22.9. The first-order valence-corrected chi connectivity index (χ1v) is 12.5. The predicted octanol–water partition coefficient (Wildman–Crippen LogP) is 8.81. The second-order valence-corrected chi connectivity index (χ2v) is 10.3. The van der Waals surface area contributed by atoms with Crippen molar-refractivity contribution < 1.29 is 8.78 Å². The highest BCUT2D eigenvalue weighted by molar-refractivity contribution is 5.67. The topological polar surface area (TPSA) is 0 Å². The third-order valence-corrected chi connectivity index (χ3v) is 8.36. The van der Waals surface area contributed by atoms with Crippen molar-refractivity contribution >= 4 is 5.57 Å². The highest BCUT2D eigenvalue weighted by Crippen LogP contribution is 2.42. The highest BCUT2D eigenvalue weighted by atomic mass is 19.2. The molecule has 3 aliphatic carbocycles. The molecule has 1 unspecified atom stereocenters. The Morgan fingerprint density at radius 2 is 1.39 bits per heavy atom. The molecular formula is C29H38F2. The van der Waals surface area contributed by atoms with Crippen molar-refractivity contribution in [1.82, 2.24) is 0 Å². The van der Waals surface area contributed by atoms with E-state index in [0.29, 0.717) is 17.0 Å². The monoisotopic (exact) mass is 424 g/mol. The first-order chi connectivity index (χ1) is 15.0. The highest BCUT2D eigenvalue weighted by Gasteiger charge is 2.29. The van der Waals surface area contributed by atoms with Crippen LogP contribution in [0.5, 0.6) is 0 Å². The van der Waals surface area contributed by atoms with Gasteiger partial charge in [0.15, 0.2) is 11.6 Å². The van der Waals surface area contributed by atoms with Gasteiger partial charge in [0.1, 0.15) is 0 Å². The number of halogens is 2. The van der Waals surface area contributed by atoms with Crippen LogP contribution in [0.1, 0.15) is 81.8 Å². The minimum Gasteiger partial charge on any atom is -0.203 e. The average molecular weight is 425 g/mol. The van der Waals surface area contributed by atoms with E-state index in [4.69, 9.17) is 0 Å². The molecular weight excluding hydrogens is 386 g/mol. The lowest BCUT2D eigenvalue weighted by molar-refractivity contribution is 0.166. The van der Waals surface area contributed by atoms with Crippen LogP contribution in [0.3, 0.4) is 0 Å². The number of benzene rings is 1. The Labute approximate surface area is 187 Å². The molecule has 0 saturated heterocycles. The van der Waals surface area contributed by atoms with Crippen LogP contribution in [0, 0.1) is 48.1 Å². The molecule has 0 aromatic heterocycles. The Bertz CT molecular complexity index is 817. The van der Waals surface area contributed by atoms with E-state index < -0.39 is 11.6 Å². The molecule has 2 heteroatoms. The summed E-state index contributed by atoms with van der Waals surface area (Å²) in [7, 11) is 0. The zero-order valence-electron chi connectivity index (χ0n) is 19.1. The van der Waals surface area contributed by atoms with Crippen LogP contribution < -0.4 is 0 Å². The normalized spacial score (nSPS) is 32.1. The van der Waals surface area contributed by atoms with Crippen molar-refractivity contribution in [2.75, 3.05) is 0 Å². The third-order valence-electron chi connectivity index (χ3n) is 8.36. The maximum atomic E-state index is 14.3. The lowest BCUT2D eigenvalue weighted by atomic mass is 9.69. The van der Waals surface area contributed by atoms with E-state index in [1.807, 2.05) is 0 Å². The van der Waals surface area contributed by atoms with Gasteiger partial charge in [-0.3, -0.25) is 0 Å². The van der Waals surface area contributed by atoms with Crippen LogP contribution >= 0.6 is 0 Å². The second kappa shape index (κ2) is 10.3. The van der Waals surface area contributed by atoms with Crippen LogP contribution in [0.2, 0.25) is 0 Å². The summed E-state index contributed by atoms with van der Waals surface area (Å²) in [6, 6.07) is 3.42. The van der Waals surface area contributed by atoms with Gasteiger partial charge < -0.3 is 0 Å². The van der Waals surface area contributed by atoms with Gasteiger partial charge in [-0.25, -0.2) is 8.78 Å². The molecule has 0 spiro atoms. The van der Waals surface area contributed by atoms with Gasteiger partial charge >= 0.3 is 0 Å². The average Bonchev–Trinajstić information content (AvgIpc) is 2.82. The van der Waals surface area contributed by atoms with Crippen LogP contribution in [0.25, 0.3) is 5.57 Å². The van der Waals surface area contributed by atoms with Gasteiger partial charge in [-0.05, 0) is 118 Å². The quantitative estimate of drug-likeness (QED) is 0.414. The molecule has 0 bridgehead atoms. The summed E-state index contributed by atoms with van der Waals surface area (Å²) >= 11 is 0. The Kier molecular flexibility index (Phi) is 7.46. The van der Waals surface area contributed by atoms with E-state index in [0.717, 1.165) is 48.5 Å². The first kappa shape index (κ1) is 22.5. The summed E-state index contributed by atoms with van der Waals surface area (Å²) in [6.45, 7) is 5.59. The van der Waals surface area contributed by atoms with E-state index >= 15 is 0 Å². The fraction of sp³-hybridized carbons (Fsp3) is 0.586. The molecule has 4 rings (SSSR count). The Balaban J connectivity index is 1.25. The zero-order valence-corrected chi connectivity index (χ0v) is 19.1. The fourth-order valence-electron chi connectivity index (χ4n) is 6.14. The van der Waals surface area contributed by atoms with Gasteiger partial charge in [-0.1, -0.05) is 36.4 Å². The maximum absolute atomic E-state index is 14.3. The number of hydrogen-bond acceptors (Lipinski definition) is 0. The van der Waals surface area contributed by atoms with Gasteiger partial charge in [0.05, 0.1) is 0 Å². The van der Waals surface area contributed by atoms with Crippen LogP contribution in [0.4, 0.5) is 8.78 Å². The van der Waals surface area contributed by atoms with Crippen molar-refractivity contribution in [3.05, 3.63) is 65.8 Å². The molecule has 0 N–H and O–H groups in total. The fourth-order valence-corrected chi connectivity index (χ4v) is 6.14. The molecule has 2 fully saturated rings. The van der Waals surface area contributed by atoms with Gasteiger partial charge in [0, 0.05) is 5.56 Å². The van der Waals surface area contributed by atoms with E-state index in [2.05, 4.69) is 30.9 Å². The van der Waals surface area contributed by atoms with Crippen LogP contribution in [-0.4, -0.2) is 0 Å². The molecule has 0 nitrogen and oxygen atoms in total. The molecule has 168 valence electrons. The molecule has 1 aromatic carbocycles. The van der Waals surface area contributed by atoms with Crippen molar-refractivity contribution in [2.45, 2.75) is 77.6 Å². The lowest BCUT2D eigenvalue weighted by Gasteiger charge is -2.37. The Hall–Kier alpha value is -1.70. The number of rotatable bonds is 5. The van der Waals surface area contributed by atoms with Gasteiger partial charge in [0.2, 0.25) is 0 Å². The predicted molar refractivity (Wildman–Crippen MR) is 127 cm³/mol. The van der Waals surface area contributed by atoms with E-state index in [1.165, 1.54) is 51.4 Å². The number of hydrogen-bond donors (Lipinski definition) is 0. The van der Waals surface area contributed by atoms with Gasteiger partial charge in [-0.15, -0.1) is 6.58 Å². The van der Waals surface area contributed by atoms with E-state index in [-0.39, 0.29) is 0 Å². The molecule has 0 aliphatic heterocycles. The van der Waals surface area contributed by atoms with E-state index in [9.17, 15) is 8.78 Å². The summed E-state index contributed by atoms with van der Waals surface area (Å²) in [4.78, 5) is 0. The molecule has 2 saturated carbocycles. The molecule has 0 amide bonds. The second-order valence-electron chi connectivity index (χ2n) is 10.3. The Morgan fingerprint density at radius 1 is 0.774 bits per heavy atom. The number of aryl methyl sites for hydroxylation is 1. The minimum absolute atomic E-state index is 0.373. The SMILES string of the molecule is C=CC1CCC(C2CCC(/C=C/C3CC=C(c4ccc(C)c(F)c4F)CC3)CC2)CC1. The first-order valence-electron chi connectivity index (χ1n) is 12.5.